The second-order valence-corrected chi connectivity index (χ2v) is 5.90. The van der Waals surface area contributed by atoms with Crippen molar-refractivity contribution in [2.45, 2.75) is 25.8 Å². The summed E-state index contributed by atoms with van der Waals surface area (Å²) in [6, 6.07) is 4.20. The molecule has 0 bridgehead atoms. The number of hydrogen-bond donors (Lipinski definition) is 0. The monoisotopic (exact) mass is 295 g/mol. The Hall–Kier alpha value is -1.34. The minimum absolute atomic E-state index is 0.858. The van der Waals surface area contributed by atoms with Gasteiger partial charge in [-0.05, 0) is 34.7 Å². The van der Waals surface area contributed by atoms with E-state index in [9.17, 15) is 0 Å². The number of hydrogen-bond acceptors (Lipinski definition) is 5. The van der Waals surface area contributed by atoms with Gasteiger partial charge in [-0.1, -0.05) is 18.3 Å². The van der Waals surface area contributed by atoms with Crippen LogP contribution in [0.4, 0.5) is 0 Å². The van der Waals surface area contributed by atoms with Gasteiger partial charge in [-0.3, -0.25) is 0 Å². The Kier molecular flexibility index (Phi) is 4.98. The summed E-state index contributed by atoms with van der Waals surface area (Å²) in [7, 11) is 3.91. The molecule has 0 fully saturated rings. The highest BCUT2D eigenvalue weighted by Crippen LogP contribution is 2.12. The van der Waals surface area contributed by atoms with Crippen LogP contribution in [0.15, 0.2) is 17.5 Å². The maximum absolute atomic E-state index is 5.45. The largest absolute Gasteiger partial charge is 0.364 e. The molecular weight excluding hydrogens is 278 g/mol. The summed E-state index contributed by atoms with van der Waals surface area (Å²) in [5, 5.41) is 13.5. The quantitative estimate of drug-likeness (QED) is 0.763. The molecule has 0 saturated carbocycles. The zero-order valence-corrected chi connectivity index (χ0v) is 12.7. The molecule has 5 nitrogen and oxygen atoms in total. The minimum Gasteiger partial charge on any atom is -0.364 e. The van der Waals surface area contributed by atoms with Crippen LogP contribution in [0.2, 0.25) is 0 Å². The highest BCUT2D eigenvalue weighted by Gasteiger charge is 2.07. The third-order valence-corrected chi connectivity index (χ3v) is 4.27. The first-order valence-electron chi connectivity index (χ1n) is 6.14. The number of thiocarbonyl (C=S) groups is 1. The van der Waals surface area contributed by atoms with Crippen molar-refractivity contribution >= 4 is 28.5 Å². The van der Waals surface area contributed by atoms with Crippen molar-refractivity contribution in [2.24, 2.45) is 7.05 Å². The van der Waals surface area contributed by atoms with Gasteiger partial charge in [-0.2, -0.15) is 0 Å². The Labute approximate surface area is 122 Å². The van der Waals surface area contributed by atoms with E-state index >= 15 is 0 Å². The predicted octanol–water partition coefficient (Wildman–Crippen LogP) is 2.05. The molecule has 0 N–H and O–H groups in total. The fourth-order valence-electron chi connectivity index (χ4n) is 1.77. The first-order valence-corrected chi connectivity index (χ1v) is 7.43. The van der Waals surface area contributed by atoms with Crippen LogP contribution < -0.4 is 0 Å². The molecule has 0 aliphatic heterocycles. The molecule has 0 aliphatic rings. The smallest absolute Gasteiger partial charge is 0.150 e. The third-order valence-electron chi connectivity index (χ3n) is 2.90. The molecule has 19 heavy (non-hydrogen) atoms. The number of thiophene rings is 1. The summed E-state index contributed by atoms with van der Waals surface area (Å²) in [6.07, 6.45) is 2.72. The van der Waals surface area contributed by atoms with E-state index in [2.05, 4.69) is 37.9 Å². The molecule has 2 rings (SSSR count). The van der Waals surface area contributed by atoms with E-state index < -0.39 is 0 Å². The zero-order valence-electron chi connectivity index (χ0n) is 11.1. The lowest BCUT2D eigenvalue weighted by Gasteiger charge is -2.19. The standard InChI is InChI=1S/C12H17N5S2/c1-16(9-10-5-4-8-19-10)12(18)7-3-6-11-13-14-15-17(11)2/h4-5,8H,3,6-7,9H2,1-2H3. The SMILES string of the molecule is CN(Cc1cccs1)C(=S)CCCc1nnnn1C. The van der Waals surface area contributed by atoms with Gasteiger partial charge >= 0.3 is 0 Å². The predicted molar refractivity (Wildman–Crippen MR) is 80.1 cm³/mol. The van der Waals surface area contributed by atoms with Gasteiger partial charge in [0.15, 0.2) is 5.82 Å². The maximum Gasteiger partial charge on any atom is 0.150 e. The van der Waals surface area contributed by atoms with Crippen molar-refractivity contribution in [3.05, 3.63) is 28.2 Å². The van der Waals surface area contributed by atoms with Crippen molar-refractivity contribution in [1.82, 2.24) is 25.1 Å². The molecule has 0 aliphatic carbocycles. The Morgan fingerprint density at radius 2 is 2.37 bits per heavy atom. The second-order valence-electron chi connectivity index (χ2n) is 4.40. The van der Waals surface area contributed by atoms with E-state index in [4.69, 9.17) is 12.2 Å². The average molecular weight is 295 g/mol. The lowest BCUT2D eigenvalue weighted by Crippen LogP contribution is -2.24. The fraction of sp³-hybridized carbons (Fsp3) is 0.500. The lowest BCUT2D eigenvalue weighted by atomic mass is 10.2. The van der Waals surface area contributed by atoms with Crippen LogP contribution in [0.1, 0.15) is 23.5 Å². The third kappa shape index (κ3) is 4.07. The summed E-state index contributed by atoms with van der Waals surface area (Å²) in [5.74, 6) is 0.906. The second kappa shape index (κ2) is 6.72. The molecule has 102 valence electrons. The molecule has 2 aromatic rings. The molecule has 0 atom stereocenters. The van der Waals surface area contributed by atoms with E-state index in [1.54, 1.807) is 16.0 Å². The van der Waals surface area contributed by atoms with Gasteiger partial charge in [-0.25, -0.2) is 4.68 Å². The van der Waals surface area contributed by atoms with Crippen molar-refractivity contribution in [1.29, 1.82) is 0 Å². The summed E-state index contributed by atoms with van der Waals surface area (Å²) in [4.78, 5) is 4.46. The molecule has 2 heterocycles. The molecule has 0 aromatic carbocycles. The van der Waals surface area contributed by atoms with Crippen LogP contribution in [0.3, 0.4) is 0 Å². The van der Waals surface area contributed by atoms with E-state index in [0.717, 1.165) is 36.6 Å². The van der Waals surface area contributed by atoms with Gasteiger partial charge in [-0.15, -0.1) is 16.4 Å². The molecule has 0 spiro atoms. The van der Waals surface area contributed by atoms with Crippen LogP contribution in [-0.4, -0.2) is 37.1 Å². The van der Waals surface area contributed by atoms with Crippen molar-refractivity contribution in [2.75, 3.05) is 7.05 Å². The number of aryl methyl sites for hydroxylation is 2. The van der Waals surface area contributed by atoms with Crippen LogP contribution >= 0.6 is 23.6 Å². The van der Waals surface area contributed by atoms with Crippen LogP contribution in [0, 0.1) is 0 Å². The van der Waals surface area contributed by atoms with Crippen molar-refractivity contribution in [3.8, 4) is 0 Å². The van der Waals surface area contributed by atoms with Crippen LogP contribution in [0.25, 0.3) is 0 Å². The topological polar surface area (TPSA) is 46.8 Å². The number of rotatable bonds is 6. The molecule has 0 saturated heterocycles. The number of tetrazole rings is 1. The van der Waals surface area contributed by atoms with E-state index in [1.807, 2.05) is 14.1 Å². The Bertz CT molecular complexity index is 520. The Morgan fingerprint density at radius 3 is 3.00 bits per heavy atom. The van der Waals surface area contributed by atoms with Gasteiger partial charge in [0.25, 0.3) is 0 Å². The van der Waals surface area contributed by atoms with Crippen molar-refractivity contribution < 1.29 is 0 Å². The Morgan fingerprint density at radius 1 is 1.53 bits per heavy atom. The zero-order chi connectivity index (χ0) is 13.7. The first kappa shape index (κ1) is 14.1. The molecular formula is C12H17N5S2. The van der Waals surface area contributed by atoms with E-state index in [1.165, 1.54) is 4.88 Å². The highest BCUT2D eigenvalue weighted by atomic mass is 32.1. The van der Waals surface area contributed by atoms with Crippen LogP contribution in [0.5, 0.6) is 0 Å². The van der Waals surface area contributed by atoms with Gasteiger partial charge in [0.1, 0.15) is 0 Å². The first-order chi connectivity index (χ1) is 9.16. The molecule has 0 unspecified atom stereocenters. The molecule has 7 heteroatoms. The van der Waals surface area contributed by atoms with Crippen molar-refractivity contribution in [3.63, 3.8) is 0 Å². The average Bonchev–Trinajstić information content (AvgIpc) is 3.02. The summed E-state index contributed by atoms with van der Waals surface area (Å²) in [6.45, 7) is 0.891. The van der Waals surface area contributed by atoms with Gasteiger partial charge in [0, 0.05) is 25.4 Å². The van der Waals surface area contributed by atoms with E-state index in [0.29, 0.717) is 0 Å². The summed E-state index contributed by atoms with van der Waals surface area (Å²) in [5.41, 5.74) is 0. The number of aromatic nitrogens is 4. The molecule has 2 aromatic heterocycles. The minimum atomic E-state index is 0.858. The lowest BCUT2D eigenvalue weighted by molar-refractivity contribution is 0.500. The summed E-state index contributed by atoms with van der Waals surface area (Å²) < 4.78 is 1.71. The van der Waals surface area contributed by atoms with Gasteiger partial charge in [0.05, 0.1) is 11.5 Å². The number of nitrogens with zero attached hydrogens (tertiary/aromatic N) is 5. The Balaban J connectivity index is 1.73. The van der Waals surface area contributed by atoms with Crippen LogP contribution in [-0.2, 0) is 20.0 Å². The maximum atomic E-state index is 5.45. The van der Waals surface area contributed by atoms with Gasteiger partial charge in [0.2, 0.25) is 0 Å². The summed E-state index contributed by atoms with van der Waals surface area (Å²) >= 11 is 7.21. The van der Waals surface area contributed by atoms with Gasteiger partial charge < -0.3 is 4.90 Å². The molecule has 0 radical (unpaired) electrons. The fourth-order valence-corrected chi connectivity index (χ4v) is 2.74. The molecule has 0 amide bonds. The normalized spacial score (nSPS) is 10.6. The highest BCUT2D eigenvalue weighted by molar-refractivity contribution is 7.80. The van der Waals surface area contributed by atoms with E-state index in [-0.39, 0.29) is 0 Å².